The van der Waals surface area contributed by atoms with E-state index in [0.29, 0.717) is 24.7 Å². The van der Waals surface area contributed by atoms with Crippen LogP contribution in [0.5, 0.6) is 0 Å². The van der Waals surface area contributed by atoms with Crippen LogP contribution in [0.1, 0.15) is 53.4 Å². The van der Waals surface area contributed by atoms with E-state index in [1.807, 2.05) is 13.8 Å². The van der Waals surface area contributed by atoms with E-state index in [1.165, 1.54) is 0 Å². The molecule has 128 valence electrons. The summed E-state index contributed by atoms with van der Waals surface area (Å²) in [6, 6.07) is 6.44. The first-order valence-electron chi connectivity index (χ1n) is 8.06. The summed E-state index contributed by atoms with van der Waals surface area (Å²) in [5, 5.41) is 6.30. The maximum absolute atomic E-state index is 12.6. The van der Waals surface area contributed by atoms with E-state index >= 15 is 0 Å². The smallest absolute Gasteiger partial charge is 0.275 e. The lowest BCUT2D eigenvalue weighted by Gasteiger charge is -2.21. The number of carbonyl (C=O) groups excluding carboxylic acids is 2. The van der Waals surface area contributed by atoms with Crippen LogP contribution in [-0.4, -0.2) is 39.9 Å². The molecule has 0 aliphatic rings. The van der Waals surface area contributed by atoms with Crippen LogP contribution in [0.15, 0.2) is 28.8 Å². The fraction of sp³-hybridized carbons (Fsp3) is 0.412. The molecule has 2 rings (SSSR count). The van der Waals surface area contributed by atoms with Gasteiger partial charge >= 0.3 is 0 Å². The van der Waals surface area contributed by atoms with Crippen LogP contribution < -0.4 is 5.32 Å². The zero-order valence-corrected chi connectivity index (χ0v) is 14.2. The average molecular weight is 330 g/mol. The lowest BCUT2D eigenvalue weighted by atomic mass is 10.2. The molecule has 0 bridgehead atoms. The molecule has 0 fully saturated rings. The van der Waals surface area contributed by atoms with E-state index in [2.05, 4.69) is 15.5 Å². The Labute approximate surface area is 141 Å². The number of rotatable bonds is 7. The molecule has 2 heterocycles. The lowest BCUT2D eigenvalue weighted by Crippen LogP contribution is -2.33. The molecule has 0 aliphatic carbocycles. The Kier molecular flexibility index (Phi) is 6.06. The van der Waals surface area contributed by atoms with E-state index in [-0.39, 0.29) is 17.3 Å². The zero-order valence-electron chi connectivity index (χ0n) is 14.2. The van der Waals surface area contributed by atoms with Gasteiger partial charge in [0.25, 0.3) is 11.8 Å². The number of nitrogens with one attached hydrogen (secondary N) is 1. The van der Waals surface area contributed by atoms with E-state index in [4.69, 9.17) is 4.52 Å². The van der Waals surface area contributed by atoms with Crippen molar-refractivity contribution in [2.45, 2.75) is 33.6 Å². The molecule has 7 heteroatoms. The normalized spacial score (nSPS) is 10.5. The Morgan fingerprint density at radius 1 is 1.17 bits per heavy atom. The Morgan fingerprint density at radius 2 is 1.83 bits per heavy atom. The number of carbonyl (C=O) groups is 2. The minimum absolute atomic E-state index is 0.161. The lowest BCUT2D eigenvalue weighted by molar-refractivity contribution is 0.0749. The Hall–Kier alpha value is -2.70. The summed E-state index contributed by atoms with van der Waals surface area (Å²) < 4.78 is 4.90. The monoisotopic (exact) mass is 330 g/mol. The second kappa shape index (κ2) is 8.24. The fourth-order valence-corrected chi connectivity index (χ4v) is 2.30. The molecule has 2 aromatic rings. The maximum Gasteiger partial charge on any atom is 0.275 e. The molecule has 0 unspecified atom stereocenters. The molecule has 0 spiro atoms. The molecule has 24 heavy (non-hydrogen) atoms. The van der Waals surface area contributed by atoms with Crippen molar-refractivity contribution in [2.24, 2.45) is 0 Å². The van der Waals surface area contributed by atoms with Gasteiger partial charge in [-0.1, -0.05) is 25.1 Å². The molecule has 0 saturated heterocycles. The summed E-state index contributed by atoms with van der Waals surface area (Å²) in [6.07, 6.45) is 1.74. The molecule has 1 N–H and O–H groups in total. The van der Waals surface area contributed by atoms with Gasteiger partial charge in [-0.25, -0.2) is 4.98 Å². The summed E-state index contributed by atoms with van der Waals surface area (Å²) in [5.41, 5.74) is 0.426. The second-order valence-electron chi connectivity index (χ2n) is 5.48. The van der Waals surface area contributed by atoms with Gasteiger partial charge in [0, 0.05) is 19.2 Å². The summed E-state index contributed by atoms with van der Waals surface area (Å²) >= 11 is 0. The predicted molar refractivity (Wildman–Crippen MR) is 89.9 cm³/mol. The number of anilines is 1. The third-order valence-corrected chi connectivity index (χ3v) is 3.34. The highest BCUT2D eigenvalue weighted by Crippen LogP contribution is 2.10. The fourth-order valence-electron chi connectivity index (χ4n) is 2.30. The molecule has 0 aliphatic heterocycles. The van der Waals surface area contributed by atoms with Gasteiger partial charge in [0.1, 0.15) is 17.1 Å². The van der Waals surface area contributed by atoms with Crippen molar-refractivity contribution in [3.8, 4) is 0 Å². The van der Waals surface area contributed by atoms with Crippen LogP contribution >= 0.6 is 0 Å². The van der Waals surface area contributed by atoms with Gasteiger partial charge in [0.2, 0.25) is 0 Å². The van der Waals surface area contributed by atoms with Gasteiger partial charge in [-0.3, -0.25) is 9.59 Å². The van der Waals surface area contributed by atoms with E-state index in [1.54, 1.807) is 36.1 Å². The topological polar surface area (TPSA) is 88.3 Å². The van der Waals surface area contributed by atoms with Gasteiger partial charge in [-0.05, 0) is 31.9 Å². The van der Waals surface area contributed by atoms with E-state index in [9.17, 15) is 9.59 Å². The quantitative estimate of drug-likeness (QED) is 0.843. The minimum Gasteiger partial charge on any atom is -0.360 e. The van der Waals surface area contributed by atoms with Crippen LogP contribution in [0, 0.1) is 6.92 Å². The SMILES string of the molecule is CCCN(CCC)C(=O)c1cccc(C(=O)Nc2cc(C)on2)n1. The molecular formula is C17H22N4O3. The number of aryl methyl sites for hydroxylation is 1. The third-order valence-electron chi connectivity index (χ3n) is 3.34. The first kappa shape index (κ1) is 17.7. The maximum atomic E-state index is 12.6. The molecular weight excluding hydrogens is 308 g/mol. The van der Waals surface area contributed by atoms with Crippen molar-refractivity contribution in [3.63, 3.8) is 0 Å². The molecule has 0 saturated carbocycles. The van der Waals surface area contributed by atoms with Crippen molar-refractivity contribution >= 4 is 17.6 Å². The number of amides is 2. The molecule has 7 nitrogen and oxygen atoms in total. The van der Waals surface area contributed by atoms with Crippen LogP contribution in [0.25, 0.3) is 0 Å². The molecule has 0 atom stereocenters. The highest BCUT2D eigenvalue weighted by atomic mass is 16.5. The van der Waals surface area contributed by atoms with Crippen molar-refractivity contribution in [3.05, 3.63) is 41.4 Å². The minimum atomic E-state index is -0.435. The number of hydrogen-bond donors (Lipinski definition) is 1. The van der Waals surface area contributed by atoms with Crippen molar-refractivity contribution in [1.29, 1.82) is 0 Å². The summed E-state index contributed by atoms with van der Waals surface area (Å²) in [5.74, 6) is 0.313. The number of pyridine rings is 1. The largest absolute Gasteiger partial charge is 0.360 e. The first-order chi connectivity index (χ1) is 11.5. The number of nitrogens with zero attached hydrogens (tertiary/aromatic N) is 3. The summed E-state index contributed by atoms with van der Waals surface area (Å²) in [6.45, 7) is 7.11. The molecule has 0 aromatic carbocycles. The summed E-state index contributed by atoms with van der Waals surface area (Å²) in [7, 11) is 0. The highest BCUT2D eigenvalue weighted by Gasteiger charge is 2.18. The first-order valence-corrected chi connectivity index (χ1v) is 8.06. The van der Waals surface area contributed by atoms with Crippen LogP contribution in [0.2, 0.25) is 0 Å². The molecule has 2 amide bonds. The van der Waals surface area contributed by atoms with Gasteiger partial charge in [-0.15, -0.1) is 0 Å². The third kappa shape index (κ3) is 4.41. The Balaban J connectivity index is 2.15. The average Bonchev–Trinajstić information content (AvgIpc) is 2.99. The van der Waals surface area contributed by atoms with Crippen molar-refractivity contribution in [1.82, 2.24) is 15.0 Å². The van der Waals surface area contributed by atoms with Gasteiger partial charge < -0.3 is 14.7 Å². The Morgan fingerprint density at radius 3 is 2.42 bits per heavy atom. The zero-order chi connectivity index (χ0) is 17.5. The predicted octanol–water partition coefficient (Wildman–Crippen LogP) is 2.89. The standard InChI is InChI=1S/C17H22N4O3/c1-4-9-21(10-5-2)17(23)14-8-6-7-13(18-14)16(22)19-15-11-12(3)24-20-15/h6-8,11H,4-5,9-10H2,1-3H3,(H,19,20,22). The van der Waals surface area contributed by atoms with Crippen LogP contribution in [0.3, 0.4) is 0 Å². The van der Waals surface area contributed by atoms with E-state index < -0.39 is 5.91 Å². The second-order valence-corrected chi connectivity index (χ2v) is 5.48. The van der Waals surface area contributed by atoms with Crippen LogP contribution in [-0.2, 0) is 0 Å². The van der Waals surface area contributed by atoms with Gasteiger partial charge in [0.15, 0.2) is 5.82 Å². The van der Waals surface area contributed by atoms with Gasteiger partial charge in [-0.2, -0.15) is 0 Å². The Bertz CT molecular complexity index is 705. The van der Waals surface area contributed by atoms with Crippen LogP contribution in [0.4, 0.5) is 5.82 Å². The molecule has 2 aromatic heterocycles. The number of hydrogen-bond acceptors (Lipinski definition) is 5. The van der Waals surface area contributed by atoms with E-state index in [0.717, 1.165) is 12.8 Å². The van der Waals surface area contributed by atoms with Crippen molar-refractivity contribution in [2.75, 3.05) is 18.4 Å². The number of aromatic nitrogens is 2. The van der Waals surface area contributed by atoms with Crippen molar-refractivity contribution < 1.29 is 14.1 Å². The molecule has 0 radical (unpaired) electrons. The highest BCUT2D eigenvalue weighted by molar-refractivity contribution is 6.03. The van der Waals surface area contributed by atoms with Gasteiger partial charge in [0.05, 0.1) is 0 Å². The summed E-state index contributed by atoms with van der Waals surface area (Å²) in [4.78, 5) is 30.8.